The highest BCUT2D eigenvalue weighted by Crippen LogP contribution is 2.43. The Kier molecular flexibility index (Phi) is 8.04. The molecule has 0 saturated carbocycles. The van der Waals surface area contributed by atoms with Crippen LogP contribution in [-0.2, 0) is 0 Å². The van der Waals surface area contributed by atoms with Gasteiger partial charge in [-0.15, -0.1) is 11.3 Å². The molecular weight excluding hydrogens is 709 g/mol. The second kappa shape index (κ2) is 13.8. The number of anilines is 3. The highest BCUT2D eigenvalue weighted by atomic mass is 32.1. The summed E-state index contributed by atoms with van der Waals surface area (Å²) in [5.74, 6) is 0. The molecule has 2 aromatic heterocycles. The molecule has 0 aliphatic carbocycles. The van der Waals surface area contributed by atoms with E-state index >= 15 is 0 Å². The molecule has 268 valence electrons. The maximum absolute atomic E-state index is 2.45. The molecule has 2 heterocycles. The van der Waals surface area contributed by atoms with Crippen molar-refractivity contribution >= 4 is 70.4 Å². The lowest BCUT2D eigenvalue weighted by molar-refractivity contribution is 1.19. The summed E-state index contributed by atoms with van der Waals surface area (Å²) in [5.41, 5.74) is 14.3. The molecule has 57 heavy (non-hydrogen) atoms. The zero-order valence-corrected chi connectivity index (χ0v) is 31.9. The Morgan fingerprint density at radius 2 is 0.807 bits per heavy atom. The average molecular weight is 745 g/mol. The number of fused-ring (bicyclic) bond motifs is 6. The van der Waals surface area contributed by atoms with Gasteiger partial charge in [-0.3, -0.25) is 0 Å². The molecule has 9 aromatic carbocycles. The molecule has 11 aromatic rings. The van der Waals surface area contributed by atoms with Gasteiger partial charge in [0.05, 0.1) is 15.7 Å². The molecule has 0 aliphatic rings. The van der Waals surface area contributed by atoms with E-state index in [0.717, 1.165) is 17.1 Å². The summed E-state index contributed by atoms with van der Waals surface area (Å²) >= 11 is 1.89. The first-order chi connectivity index (χ1) is 28.2. The van der Waals surface area contributed by atoms with Crippen molar-refractivity contribution in [2.75, 3.05) is 4.90 Å². The van der Waals surface area contributed by atoms with Crippen LogP contribution in [0.15, 0.2) is 218 Å². The molecule has 0 aliphatic heterocycles. The Morgan fingerprint density at radius 3 is 1.42 bits per heavy atom. The number of rotatable bonds is 7. The lowest BCUT2D eigenvalue weighted by atomic mass is 10.00. The van der Waals surface area contributed by atoms with Crippen molar-refractivity contribution in [3.63, 3.8) is 0 Å². The smallest absolute Gasteiger partial charge is 0.0727 e. The first-order valence-corrected chi connectivity index (χ1v) is 20.2. The number of para-hydroxylation sites is 1. The molecule has 0 amide bonds. The predicted octanol–water partition coefficient (Wildman–Crippen LogP) is 15.6. The third-order valence-corrected chi connectivity index (χ3v) is 12.4. The highest BCUT2D eigenvalue weighted by molar-refractivity contribution is 7.26. The number of hydrogen-bond acceptors (Lipinski definition) is 2. The number of thiophene rings is 1. The third-order valence-electron chi connectivity index (χ3n) is 11.2. The summed E-state index contributed by atoms with van der Waals surface area (Å²) in [6.45, 7) is 0. The fourth-order valence-electron chi connectivity index (χ4n) is 8.35. The van der Waals surface area contributed by atoms with Crippen LogP contribution in [-0.4, -0.2) is 4.57 Å². The summed E-state index contributed by atoms with van der Waals surface area (Å²) in [6.07, 6.45) is 0. The number of aromatic nitrogens is 1. The molecule has 2 nitrogen and oxygen atoms in total. The molecular formula is C54H36N2S. The van der Waals surface area contributed by atoms with Gasteiger partial charge in [-0.1, -0.05) is 152 Å². The molecule has 0 radical (unpaired) electrons. The Morgan fingerprint density at radius 1 is 0.351 bits per heavy atom. The van der Waals surface area contributed by atoms with Gasteiger partial charge in [0, 0.05) is 38.2 Å². The fraction of sp³-hybridized carbons (Fsp3) is 0. The molecule has 0 unspecified atom stereocenters. The predicted molar refractivity (Wildman–Crippen MR) is 245 cm³/mol. The minimum Gasteiger partial charge on any atom is -0.311 e. The second-order valence-electron chi connectivity index (χ2n) is 14.6. The minimum atomic E-state index is 1.11. The number of benzene rings is 9. The van der Waals surface area contributed by atoms with Crippen molar-refractivity contribution in [1.82, 2.24) is 4.57 Å². The van der Waals surface area contributed by atoms with E-state index in [4.69, 9.17) is 0 Å². The summed E-state index contributed by atoms with van der Waals surface area (Å²) in [7, 11) is 0. The van der Waals surface area contributed by atoms with E-state index in [-0.39, 0.29) is 0 Å². The first kappa shape index (κ1) is 33.2. The lowest BCUT2D eigenvalue weighted by Gasteiger charge is -2.26. The van der Waals surface area contributed by atoms with Gasteiger partial charge in [0.15, 0.2) is 0 Å². The molecule has 0 bridgehead atoms. The quantitative estimate of drug-likeness (QED) is 0.158. The molecule has 0 atom stereocenters. The van der Waals surface area contributed by atoms with Gasteiger partial charge in [0.25, 0.3) is 0 Å². The maximum atomic E-state index is 2.45. The van der Waals surface area contributed by atoms with Crippen LogP contribution in [0, 0.1) is 0 Å². The van der Waals surface area contributed by atoms with Crippen LogP contribution < -0.4 is 4.90 Å². The number of hydrogen-bond donors (Lipinski definition) is 0. The van der Waals surface area contributed by atoms with Crippen LogP contribution in [0.5, 0.6) is 0 Å². The first-order valence-electron chi connectivity index (χ1n) is 19.4. The molecule has 0 N–H and O–H groups in total. The Bertz CT molecular complexity index is 3110. The van der Waals surface area contributed by atoms with Crippen LogP contribution >= 0.6 is 11.3 Å². The van der Waals surface area contributed by atoms with E-state index in [1.807, 2.05) is 11.3 Å². The summed E-state index contributed by atoms with van der Waals surface area (Å²) in [5, 5.41) is 5.06. The van der Waals surface area contributed by atoms with Crippen LogP contribution in [0.1, 0.15) is 0 Å². The monoisotopic (exact) mass is 744 g/mol. The average Bonchev–Trinajstić information content (AvgIpc) is 3.82. The Balaban J connectivity index is 0.941. The summed E-state index contributed by atoms with van der Waals surface area (Å²) in [6, 6.07) is 79.2. The molecule has 0 spiro atoms. The minimum absolute atomic E-state index is 1.11. The summed E-state index contributed by atoms with van der Waals surface area (Å²) < 4.78 is 5.12. The van der Waals surface area contributed by atoms with E-state index in [9.17, 15) is 0 Å². The van der Waals surface area contributed by atoms with Gasteiger partial charge < -0.3 is 9.47 Å². The Hall–Kier alpha value is -7.20. The van der Waals surface area contributed by atoms with Crippen molar-refractivity contribution in [1.29, 1.82) is 0 Å². The van der Waals surface area contributed by atoms with E-state index < -0.39 is 0 Å². The van der Waals surface area contributed by atoms with Gasteiger partial charge in [0.1, 0.15) is 0 Å². The van der Waals surface area contributed by atoms with E-state index in [2.05, 4.69) is 228 Å². The van der Waals surface area contributed by atoms with Crippen LogP contribution in [0.3, 0.4) is 0 Å². The van der Waals surface area contributed by atoms with Crippen molar-refractivity contribution < 1.29 is 0 Å². The van der Waals surface area contributed by atoms with Crippen molar-refractivity contribution in [3.8, 4) is 39.1 Å². The normalized spacial score (nSPS) is 11.5. The molecule has 3 heteroatoms. The largest absolute Gasteiger partial charge is 0.311 e. The second-order valence-corrected chi connectivity index (χ2v) is 15.6. The highest BCUT2D eigenvalue weighted by Gasteiger charge is 2.18. The zero-order chi connectivity index (χ0) is 37.7. The third kappa shape index (κ3) is 5.88. The van der Waals surface area contributed by atoms with E-state index in [0.29, 0.717) is 0 Å². The standard InChI is InChI=1S/C54H36N2S/c1-3-11-37(12-4-1)39-21-28-45(29-22-39)55(46-30-23-40(24-31-46)38-13-5-2-6-14-38)47-32-25-41(26-33-47)42-19-20-44-36-48(34-27-43(44)35-42)56-51-17-9-7-15-49(51)54-53(56)50-16-8-10-18-52(50)57-54/h1-36H. The SMILES string of the molecule is c1ccc(-c2ccc(N(c3ccc(-c4ccccc4)cc3)c3ccc(-c4ccc5cc(-n6c7ccccc7c7sc8ccccc8c76)ccc5c4)cc3)cc2)cc1. The molecule has 11 rings (SSSR count). The summed E-state index contributed by atoms with van der Waals surface area (Å²) in [4.78, 5) is 2.34. The van der Waals surface area contributed by atoms with Crippen molar-refractivity contribution in [2.24, 2.45) is 0 Å². The fourth-order valence-corrected chi connectivity index (χ4v) is 9.58. The Labute approximate surface area is 335 Å². The number of nitrogens with zero attached hydrogens (tertiary/aromatic N) is 2. The molecule has 0 fully saturated rings. The van der Waals surface area contributed by atoms with E-state index in [1.54, 1.807) is 0 Å². The van der Waals surface area contributed by atoms with Crippen LogP contribution in [0.2, 0.25) is 0 Å². The van der Waals surface area contributed by atoms with Gasteiger partial charge in [-0.05, 0) is 111 Å². The van der Waals surface area contributed by atoms with Gasteiger partial charge in [0.2, 0.25) is 0 Å². The topological polar surface area (TPSA) is 8.17 Å². The van der Waals surface area contributed by atoms with Crippen LogP contribution in [0.25, 0.3) is 81.0 Å². The van der Waals surface area contributed by atoms with E-state index in [1.165, 1.54) is 81.0 Å². The van der Waals surface area contributed by atoms with Crippen molar-refractivity contribution in [2.45, 2.75) is 0 Å². The lowest BCUT2D eigenvalue weighted by Crippen LogP contribution is -2.09. The maximum Gasteiger partial charge on any atom is 0.0727 e. The molecule has 0 saturated heterocycles. The van der Waals surface area contributed by atoms with Gasteiger partial charge >= 0.3 is 0 Å². The van der Waals surface area contributed by atoms with Crippen LogP contribution in [0.4, 0.5) is 17.1 Å². The zero-order valence-electron chi connectivity index (χ0n) is 31.1. The van der Waals surface area contributed by atoms with Crippen molar-refractivity contribution in [3.05, 3.63) is 218 Å². The van der Waals surface area contributed by atoms with Gasteiger partial charge in [-0.25, -0.2) is 0 Å². The van der Waals surface area contributed by atoms with Gasteiger partial charge in [-0.2, -0.15) is 0 Å².